The van der Waals surface area contributed by atoms with Crippen molar-refractivity contribution in [2.75, 3.05) is 11.4 Å². The monoisotopic (exact) mass is 299 g/mol. The highest BCUT2D eigenvalue weighted by atomic mass is 19.4. The third kappa shape index (κ3) is 3.89. The molecule has 6 heteroatoms. The normalized spacial score (nSPS) is 19.0. The molecule has 0 amide bonds. The van der Waals surface area contributed by atoms with Gasteiger partial charge in [-0.2, -0.15) is 13.2 Å². The van der Waals surface area contributed by atoms with E-state index >= 15 is 0 Å². The van der Waals surface area contributed by atoms with Crippen molar-refractivity contribution in [2.24, 2.45) is 10.7 Å². The summed E-state index contributed by atoms with van der Waals surface area (Å²) in [6, 6.07) is 5.58. The smallest absolute Gasteiger partial charge is 0.387 e. The fourth-order valence-electron chi connectivity index (χ4n) is 2.49. The van der Waals surface area contributed by atoms with E-state index in [9.17, 15) is 13.2 Å². The van der Waals surface area contributed by atoms with Gasteiger partial charge in [0.15, 0.2) is 0 Å². The lowest BCUT2D eigenvalue weighted by atomic mass is 10.1. The minimum absolute atomic E-state index is 0.120. The summed E-state index contributed by atoms with van der Waals surface area (Å²) in [6.07, 6.45) is -2.61. The number of nitrogens with two attached hydrogens (primary N) is 1. The maximum atomic E-state index is 12.6. The number of hydrogen-bond acceptors (Lipinski definition) is 3. The van der Waals surface area contributed by atoms with Gasteiger partial charge in [-0.15, -0.1) is 0 Å². The summed E-state index contributed by atoms with van der Waals surface area (Å²) >= 11 is 0. The Hall–Kier alpha value is -1.72. The van der Waals surface area contributed by atoms with Gasteiger partial charge in [0, 0.05) is 24.7 Å². The van der Waals surface area contributed by atoms with Crippen molar-refractivity contribution in [3.63, 3.8) is 0 Å². The topological polar surface area (TPSA) is 41.6 Å². The quantitative estimate of drug-likeness (QED) is 0.925. The predicted molar refractivity (Wildman–Crippen MR) is 78.6 cm³/mol. The molecule has 116 valence electrons. The molecule has 0 bridgehead atoms. The molecule has 0 aromatic heterocycles. The molecule has 0 radical (unpaired) electrons. The van der Waals surface area contributed by atoms with Crippen LogP contribution in [-0.2, 0) is 6.18 Å². The molecule has 0 aliphatic carbocycles. The van der Waals surface area contributed by atoms with Gasteiger partial charge in [-0.05, 0) is 44.5 Å². The van der Waals surface area contributed by atoms with E-state index in [4.69, 9.17) is 5.73 Å². The molecule has 0 saturated carbocycles. The van der Waals surface area contributed by atoms with Crippen molar-refractivity contribution < 1.29 is 13.2 Å². The lowest BCUT2D eigenvalue weighted by Gasteiger charge is -2.31. The van der Waals surface area contributed by atoms with Gasteiger partial charge in [0.05, 0.1) is 17.4 Å². The van der Waals surface area contributed by atoms with Crippen LogP contribution in [0, 0.1) is 0 Å². The highest BCUT2D eigenvalue weighted by Gasteiger charge is 2.30. The van der Waals surface area contributed by atoms with E-state index in [-0.39, 0.29) is 12.1 Å². The van der Waals surface area contributed by atoms with Crippen molar-refractivity contribution in [3.05, 3.63) is 29.8 Å². The lowest BCUT2D eigenvalue weighted by Crippen LogP contribution is -2.36. The van der Waals surface area contributed by atoms with E-state index < -0.39 is 11.7 Å². The summed E-state index contributed by atoms with van der Waals surface area (Å²) in [7, 11) is 0. The SMILES string of the molecule is CC(C)N(C[C@H]1CCC(N)=N1)c1ccc(C(F)(F)F)cc1. The van der Waals surface area contributed by atoms with Gasteiger partial charge >= 0.3 is 6.18 Å². The average Bonchev–Trinajstić information content (AvgIpc) is 2.80. The molecule has 21 heavy (non-hydrogen) atoms. The lowest BCUT2D eigenvalue weighted by molar-refractivity contribution is -0.137. The van der Waals surface area contributed by atoms with Crippen molar-refractivity contribution in [3.8, 4) is 0 Å². The number of aliphatic imine (C=N–C) groups is 1. The number of halogens is 3. The molecule has 0 unspecified atom stereocenters. The molecule has 0 fully saturated rings. The third-order valence-electron chi connectivity index (χ3n) is 3.64. The van der Waals surface area contributed by atoms with Gasteiger partial charge in [-0.1, -0.05) is 0 Å². The van der Waals surface area contributed by atoms with Crippen molar-refractivity contribution in [2.45, 2.75) is 44.9 Å². The van der Waals surface area contributed by atoms with E-state index in [1.54, 1.807) is 0 Å². The zero-order chi connectivity index (χ0) is 15.6. The first-order valence-corrected chi connectivity index (χ1v) is 7.03. The summed E-state index contributed by atoms with van der Waals surface area (Å²) in [4.78, 5) is 6.43. The van der Waals surface area contributed by atoms with Crippen LogP contribution >= 0.6 is 0 Å². The minimum Gasteiger partial charge on any atom is -0.387 e. The van der Waals surface area contributed by atoms with E-state index in [0.29, 0.717) is 12.4 Å². The van der Waals surface area contributed by atoms with Crippen molar-refractivity contribution >= 4 is 11.5 Å². The largest absolute Gasteiger partial charge is 0.416 e. The van der Waals surface area contributed by atoms with Crippen LogP contribution in [0.25, 0.3) is 0 Å². The first kappa shape index (κ1) is 15.7. The highest BCUT2D eigenvalue weighted by Crippen LogP contribution is 2.31. The fourth-order valence-corrected chi connectivity index (χ4v) is 2.49. The second-order valence-electron chi connectivity index (χ2n) is 5.60. The molecular weight excluding hydrogens is 279 g/mol. The average molecular weight is 299 g/mol. The highest BCUT2D eigenvalue weighted by molar-refractivity contribution is 5.82. The number of amidine groups is 1. The van der Waals surface area contributed by atoms with Gasteiger partial charge in [0.2, 0.25) is 0 Å². The molecule has 1 aromatic carbocycles. The fraction of sp³-hybridized carbons (Fsp3) is 0.533. The molecule has 0 saturated heterocycles. The first-order valence-electron chi connectivity index (χ1n) is 7.03. The van der Waals surface area contributed by atoms with E-state index in [1.807, 2.05) is 13.8 Å². The van der Waals surface area contributed by atoms with Gasteiger partial charge in [-0.3, -0.25) is 4.99 Å². The Balaban J connectivity index is 2.15. The molecule has 2 N–H and O–H groups in total. The van der Waals surface area contributed by atoms with E-state index in [2.05, 4.69) is 9.89 Å². The Kier molecular flexibility index (Phi) is 4.44. The van der Waals surface area contributed by atoms with Gasteiger partial charge in [0.25, 0.3) is 0 Å². The number of hydrogen-bond donors (Lipinski definition) is 1. The molecule has 0 spiro atoms. The summed E-state index contributed by atoms with van der Waals surface area (Å²) in [5, 5.41) is 0. The molecule has 1 atom stereocenters. The Bertz CT molecular complexity index is 506. The Morgan fingerprint density at radius 1 is 1.29 bits per heavy atom. The van der Waals surface area contributed by atoms with Crippen molar-refractivity contribution in [1.82, 2.24) is 0 Å². The first-order chi connectivity index (χ1) is 9.77. The van der Waals surface area contributed by atoms with E-state index in [0.717, 1.165) is 30.7 Å². The second kappa shape index (κ2) is 5.95. The third-order valence-corrected chi connectivity index (χ3v) is 3.64. The second-order valence-corrected chi connectivity index (χ2v) is 5.60. The Morgan fingerprint density at radius 3 is 2.33 bits per heavy atom. The Morgan fingerprint density at radius 2 is 1.90 bits per heavy atom. The maximum absolute atomic E-state index is 12.6. The van der Waals surface area contributed by atoms with Crippen LogP contribution in [-0.4, -0.2) is 24.5 Å². The van der Waals surface area contributed by atoms with Crippen LogP contribution in [0.3, 0.4) is 0 Å². The summed E-state index contributed by atoms with van der Waals surface area (Å²) in [6.45, 7) is 4.70. The summed E-state index contributed by atoms with van der Waals surface area (Å²) in [5.41, 5.74) is 5.84. The number of benzene rings is 1. The van der Waals surface area contributed by atoms with Crippen LogP contribution in [0.2, 0.25) is 0 Å². The van der Waals surface area contributed by atoms with Gasteiger partial charge in [-0.25, -0.2) is 0 Å². The van der Waals surface area contributed by atoms with Crippen LogP contribution < -0.4 is 10.6 Å². The van der Waals surface area contributed by atoms with E-state index in [1.165, 1.54) is 12.1 Å². The summed E-state index contributed by atoms with van der Waals surface area (Å²) < 4.78 is 37.8. The van der Waals surface area contributed by atoms with Crippen molar-refractivity contribution in [1.29, 1.82) is 0 Å². The standard InChI is InChI=1S/C15H20F3N3/c1-10(2)21(9-12-5-8-14(19)20-12)13-6-3-11(4-7-13)15(16,17)18/h3-4,6-7,10,12H,5,8-9H2,1-2H3,(H2,19,20)/t12-/m1/s1. The molecule has 1 aromatic rings. The minimum atomic E-state index is -4.30. The number of alkyl halides is 3. The number of nitrogens with zero attached hydrogens (tertiary/aromatic N) is 2. The van der Waals surface area contributed by atoms with Crippen LogP contribution in [0.4, 0.5) is 18.9 Å². The van der Waals surface area contributed by atoms with Gasteiger partial charge < -0.3 is 10.6 Å². The van der Waals surface area contributed by atoms with Crippen LogP contribution in [0.5, 0.6) is 0 Å². The molecule has 3 nitrogen and oxygen atoms in total. The molecule has 1 heterocycles. The zero-order valence-electron chi connectivity index (χ0n) is 12.2. The summed E-state index contributed by atoms with van der Waals surface area (Å²) in [5.74, 6) is 0.663. The number of rotatable bonds is 4. The maximum Gasteiger partial charge on any atom is 0.416 e. The zero-order valence-corrected chi connectivity index (χ0v) is 12.2. The van der Waals surface area contributed by atoms with Crippen LogP contribution in [0.15, 0.2) is 29.3 Å². The molecule has 1 aliphatic heterocycles. The predicted octanol–water partition coefficient (Wildman–Crippen LogP) is 3.44. The Labute approximate surface area is 122 Å². The van der Waals surface area contributed by atoms with Gasteiger partial charge in [0.1, 0.15) is 0 Å². The molecular formula is C15H20F3N3. The van der Waals surface area contributed by atoms with Crippen LogP contribution in [0.1, 0.15) is 32.3 Å². The molecule has 2 rings (SSSR count). The number of anilines is 1. The molecule has 1 aliphatic rings.